The molecule has 0 aliphatic carbocycles. The van der Waals surface area contributed by atoms with Crippen LogP contribution < -0.4 is 10.6 Å². The van der Waals surface area contributed by atoms with Gasteiger partial charge < -0.3 is 10.6 Å². The molecule has 4 nitrogen and oxygen atoms in total. The van der Waals surface area contributed by atoms with Gasteiger partial charge in [-0.25, -0.2) is 0 Å². The Kier molecular flexibility index (Phi) is 6.50. The number of amides is 1. The summed E-state index contributed by atoms with van der Waals surface area (Å²) in [6.45, 7) is 6.50. The van der Waals surface area contributed by atoms with E-state index < -0.39 is 0 Å². The summed E-state index contributed by atoms with van der Waals surface area (Å²) in [5.74, 6) is 0.155. The van der Waals surface area contributed by atoms with Crippen LogP contribution in [-0.4, -0.2) is 49.6 Å². The molecule has 2 N–H and O–H groups in total. The standard InChI is InChI=1S/C15H25N3OS/c1-2-18(13-5-8-16-9-6-13)12-15(19)17-10-7-14-4-3-11-20-14/h3-4,11,13,16H,2,5-10,12H2,1H3,(H,17,19). The molecule has 1 aromatic heterocycles. The Morgan fingerprint density at radius 3 is 2.95 bits per heavy atom. The van der Waals surface area contributed by atoms with Crippen LogP contribution in [0, 0.1) is 0 Å². The summed E-state index contributed by atoms with van der Waals surface area (Å²) in [5, 5.41) is 8.48. The van der Waals surface area contributed by atoms with Crippen molar-refractivity contribution in [3.05, 3.63) is 22.4 Å². The number of hydrogen-bond donors (Lipinski definition) is 2. The van der Waals surface area contributed by atoms with Gasteiger partial charge >= 0.3 is 0 Å². The van der Waals surface area contributed by atoms with Crippen molar-refractivity contribution < 1.29 is 4.79 Å². The van der Waals surface area contributed by atoms with E-state index in [4.69, 9.17) is 0 Å². The first-order chi connectivity index (χ1) is 9.79. The van der Waals surface area contributed by atoms with Gasteiger partial charge in [-0.15, -0.1) is 11.3 Å². The van der Waals surface area contributed by atoms with E-state index in [9.17, 15) is 4.79 Å². The van der Waals surface area contributed by atoms with Crippen molar-refractivity contribution in [1.82, 2.24) is 15.5 Å². The Balaban J connectivity index is 1.68. The molecule has 0 bridgehead atoms. The molecular weight excluding hydrogens is 270 g/mol. The highest BCUT2D eigenvalue weighted by Crippen LogP contribution is 2.11. The zero-order valence-corrected chi connectivity index (χ0v) is 13.0. The molecular formula is C15H25N3OS. The van der Waals surface area contributed by atoms with Gasteiger partial charge in [0.15, 0.2) is 0 Å². The van der Waals surface area contributed by atoms with Gasteiger partial charge in [-0.3, -0.25) is 9.69 Å². The van der Waals surface area contributed by atoms with E-state index in [2.05, 4.69) is 40.0 Å². The van der Waals surface area contributed by atoms with E-state index in [-0.39, 0.29) is 5.91 Å². The first kappa shape index (κ1) is 15.5. The lowest BCUT2D eigenvalue weighted by Crippen LogP contribution is -2.47. The number of likely N-dealkylation sites (N-methyl/N-ethyl adjacent to an activating group) is 1. The average molecular weight is 295 g/mol. The van der Waals surface area contributed by atoms with Crippen molar-refractivity contribution in [1.29, 1.82) is 0 Å². The summed E-state index contributed by atoms with van der Waals surface area (Å²) >= 11 is 1.75. The zero-order valence-electron chi connectivity index (χ0n) is 12.2. The number of nitrogens with one attached hydrogen (secondary N) is 2. The van der Waals surface area contributed by atoms with Crippen LogP contribution in [0.4, 0.5) is 0 Å². The van der Waals surface area contributed by atoms with E-state index in [0.717, 1.165) is 45.4 Å². The maximum absolute atomic E-state index is 12.0. The summed E-state index contributed by atoms with van der Waals surface area (Å²) in [5.41, 5.74) is 0. The largest absolute Gasteiger partial charge is 0.355 e. The fourth-order valence-electron chi connectivity index (χ4n) is 2.69. The van der Waals surface area contributed by atoms with E-state index in [1.165, 1.54) is 4.88 Å². The molecule has 1 aliphatic heterocycles. The molecule has 1 fully saturated rings. The second-order valence-corrected chi connectivity index (χ2v) is 6.26. The van der Waals surface area contributed by atoms with Gasteiger partial charge in [0, 0.05) is 17.5 Å². The molecule has 0 unspecified atom stereocenters. The lowest BCUT2D eigenvalue weighted by Gasteiger charge is -2.33. The van der Waals surface area contributed by atoms with Crippen molar-refractivity contribution in [2.75, 3.05) is 32.7 Å². The number of thiophene rings is 1. The van der Waals surface area contributed by atoms with Gasteiger partial charge in [0.25, 0.3) is 0 Å². The third-order valence-electron chi connectivity index (χ3n) is 3.85. The molecule has 1 amide bonds. The van der Waals surface area contributed by atoms with Crippen LogP contribution >= 0.6 is 11.3 Å². The maximum atomic E-state index is 12.0. The number of nitrogens with zero attached hydrogens (tertiary/aromatic N) is 1. The smallest absolute Gasteiger partial charge is 0.234 e. The van der Waals surface area contributed by atoms with Crippen LogP contribution in [0.5, 0.6) is 0 Å². The van der Waals surface area contributed by atoms with Gasteiger partial charge in [-0.1, -0.05) is 13.0 Å². The van der Waals surface area contributed by atoms with Crippen LogP contribution in [0.25, 0.3) is 0 Å². The number of hydrogen-bond acceptors (Lipinski definition) is 4. The minimum atomic E-state index is 0.155. The molecule has 0 atom stereocenters. The lowest BCUT2D eigenvalue weighted by atomic mass is 10.0. The van der Waals surface area contributed by atoms with Crippen LogP contribution in [0.2, 0.25) is 0 Å². The molecule has 20 heavy (non-hydrogen) atoms. The highest BCUT2D eigenvalue weighted by Gasteiger charge is 2.21. The minimum absolute atomic E-state index is 0.155. The third kappa shape index (κ3) is 4.89. The van der Waals surface area contributed by atoms with Crippen molar-refractivity contribution in [2.45, 2.75) is 32.2 Å². The molecule has 112 valence electrons. The van der Waals surface area contributed by atoms with Gasteiger partial charge in [0.2, 0.25) is 5.91 Å². The SMILES string of the molecule is CCN(CC(=O)NCCc1cccs1)C1CCNCC1. The topological polar surface area (TPSA) is 44.4 Å². The Hall–Kier alpha value is -0.910. The Bertz CT molecular complexity index is 388. The predicted octanol–water partition coefficient (Wildman–Crippen LogP) is 1.48. The van der Waals surface area contributed by atoms with Gasteiger partial charge in [-0.2, -0.15) is 0 Å². The Morgan fingerprint density at radius 1 is 1.50 bits per heavy atom. The Morgan fingerprint density at radius 2 is 2.30 bits per heavy atom. The van der Waals surface area contributed by atoms with Crippen LogP contribution in [0.3, 0.4) is 0 Å². The first-order valence-electron chi connectivity index (χ1n) is 7.53. The first-order valence-corrected chi connectivity index (χ1v) is 8.41. The van der Waals surface area contributed by atoms with Crippen LogP contribution in [-0.2, 0) is 11.2 Å². The van der Waals surface area contributed by atoms with Gasteiger partial charge in [0.05, 0.1) is 6.54 Å². The maximum Gasteiger partial charge on any atom is 0.234 e. The number of carbonyl (C=O) groups is 1. The van der Waals surface area contributed by atoms with E-state index in [1.54, 1.807) is 11.3 Å². The molecule has 1 saturated heterocycles. The van der Waals surface area contributed by atoms with Crippen LogP contribution in [0.15, 0.2) is 17.5 Å². The molecule has 2 rings (SSSR count). The quantitative estimate of drug-likeness (QED) is 0.801. The predicted molar refractivity (Wildman–Crippen MR) is 84.2 cm³/mol. The number of rotatable bonds is 7. The van der Waals surface area contributed by atoms with Crippen molar-refractivity contribution in [3.63, 3.8) is 0 Å². The molecule has 5 heteroatoms. The summed E-state index contributed by atoms with van der Waals surface area (Å²) in [7, 11) is 0. The van der Waals surface area contributed by atoms with E-state index >= 15 is 0 Å². The van der Waals surface area contributed by atoms with Crippen molar-refractivity contribution in [2.24, 2.45) is 0 Å². The molecule has 1 aromatic rings. The third-order valence-corrected chi connectivity index (χ3v) is 4.79. The van der Waals surface area contributed by atoms with Gasteiger partial charge in [-0.05, 0) is 50.3 Å². The summed E-state index contributed by atoms with van der Waals surface area (Å²) in [4.78, 5) is 15.7. The molecule has 0 spiro atoms. The molecule has 1 aliphatic rings. The fraction of sp³-hybridized carbons (Fsp3) is 0.667. The summed E-state index contributed by atoms with van der Waals surface area (Å²) in [6, 6.07) is 4.73. The number of carbonyl (C=O) groups excluding carboxylic acids is 1. The highest BCUT2D eigenvalue weighted by atomic mass is 32.1. The second kappa shape index (κ2) is 8.39. The molecule has 0 aromatic carbocycles. The highest BCUT2D eigenvalue weighted by molar-refractivity contribution is 7.09. The van der Waals surface area contributed by atoms with Crippen molar-refractivity contribution >= 4 is 17.2 Å². The van der Waals surface area contributed by atoms with E-state index in [1.807, 2.05) is 0 Å². The molecule has 0 radical (unpaired) electrons. The average Bonchev–Trinajstić information content (AvgIpc) is 2.99. The normalized spacial score (nSPS) is 16.5. The minimum Gasteiger partial charge on any atom is -0.355 e. The molecule has 0 saturated carbocycles. The zero-order chi connectivity index (χ0) is 14.2. The summed E-state index contributed by atoms with van der Waals surface area (Å²) < 4.78 is 0. The fourth-order valence-corrected chi connectivity index (χ4v) is 3.40. The number of piperidine rings is 1. The second-order valence-electron chi connectivity index (χ2n) is 5.22. The Labute approximate surface area is 125 Å². The summed E-state index contributed by atoms with van der Waals surface area (Å²) in [6.07, 6.45) is 3.23. The van der Waals surface area contributed by atoms with Crippen molar-refractivity contribution in [3.8, 4) is 0 Å². The monoisotopic (exact) mass is 295 g/mol. The van der Waals surface area contributed by atoms with Gasteiger partial charge in [0.1, 0.15) is 0 Å². The van der Waals surface area contributed by atoms with Crippen LogP contribution in [0.1, 0.15) is 24.6 Å². The molecule has 2 heterocycles. The lowest BCUT2D eigenvalue weighted by molar-refractivity contribution is -0.122. The van der Waals surface area contributed by atoms with E-state index in [0.29, 0.717) is 12.6 Å².